The minimum absolute atomic E-state index is 0.000684. The summed E-state index contributed by atoms with van der Waals surface area (Å²) >= 11 is 0. The molecule has 4 heteroatoms. The van der Waals surface area contributed by atoms with Crippen molar-refractivity contribution >= 4 is 5.91 Å². The number of hydrogen-bond acceptors (Lipinski definition) is 2. The van der Waals surface area contributed by atoms with Crippen LogP contribution in [0.2, 0.25) is 0 Å². The number of benzene rings is 1. The predicted molar refractivity (Wildman–Crippen MR) is 63.8 cm³/mol. The van der Waals surface area contributed by atoms with Crippen molar-refractivity contribution in [3.05, 3.63) is 35.6 Å². The Labute approximate surface area is 100 Å². The van der Waals surface area contributed by atoms with Crippen LogP contribution >= 0.6 is 0 Å². The predicted octanol–water partition coefficient (Wildman–Crippen LogP) is 1.44. The van der Waals surface area contributed by atoms with Crippen LogP contribution in [0.4, 0.5) is 4.39 Å². The van der Waals surface area contributed by atoms with E-state index in [9.17, 15) is 9.18 Å². The summed E-state index contributed by atoms with van der Waals surface area (Å²) in [4.78, 5) is 11.8. The first kappa shape index (κ1) is 12.0. The lowest BCUT2D eigenvalue weighted by Gasteiger charge is -2.15. The van der Waals surface area contributed by atoms with Gasteiger partial charge in [-0.3, -0.25) is 4.79 Å². The molecule has 0 aliphatic carbocycles. The molecule has 2 N–H and O–H groups in total. The molecule has 1 amide bonds. The van der Waals surface area contributed by atoms with Gasteiger partial charge in [-0.25, -0.2) is 4.39 Å². The van der Waals surface area contributed by atoms with E-state index in [0.717, 1.165) is 18.5 Å². The quantitative estimate of drug-likeness (QED) is 0.833. The second-order valence-corrected chi connectivity index (χ2v) is 4.55. The molecule has 1 aromatic rings. The molecule has 2 rings (SSSR count). The lowest BCUT2D eigenvalue weighted by Crippen LogP contribution is -2.42. The molecular formula is C13H17FN2O. The maximum atomic E-state index is 12.9. The molecule has 3 nitrogen and oxygen atoms in total. The molecule has 1 aromatic carbocycles. The van der Waals surface area contributed by atoms with E-state index in [4.69, 9.17) is 0 Å². The maximum absolute atomic E-state index is 12.9. The number of carbonyl (C=O) groups excluding carboxylic acids is 1. The summed E-state index contributed by atoms with van der Waals surface area (Å²) < 4.78 is 12.9. The topological polar surface area (TPSA) is 41.1 Å². The fourth-order valence-corrected chi connectivity index (χ4v) is 2.13. The van der Waals surface area contributed by atoms with Gasteiger partial charge in [0.2, 0.25) is 5.91 Å². The van der Waals surface area contributed by atoms with Crippen LogP contribution in [0.25, 0.3) is 0 Å². The van der Waals surface area contributed by atoms with Crippen molar-refractivity contribution in [2.24, 2.45) is 5.92 Å². The minimum Gasteiger partial charge on any atom is -0.351 e. The normalized spacial score (nSPS) is 23.6. The molecule has 0 bridgehead atoms. The number of carbonyl (C=O) groups is 1. The van der Waals surface area contributed by atoms with Crippen LogP contribution in [0.3, 0.4) is 0 Å². The molecule has 2 atom stereocenters. The van der Waals surface area contributed by atoms with Crippen molar-refractivity contribution in [3.63, 3.8) is 0 Å². The van der Waals surface area contributed by atoms with Gasteiger partial charge in [-0.15, -0.1) is 0 Å². The third-order valence-corrected chi connectivity index (χ3v) is 3.17. The zero-order chi connectivity index (χ0) is 12.3. The Balaban J connectivity index is 1.88. The Kier molecular flexibility index (Phi) is 3.74. The highest BCUT2D eigenvalue weighted by Crippen LogP contribution is 2.14. The van der Waals surface area contributed by atoms with Crippen LogP contribution in [-0.2, 0) is 11.3 Å². The monoisotopic (exact) mass is 236 g/mol. The first-order chi connectivity index (χ1) is 8.16. The first-order valence-corrected chi connectivity index (χ1v) is 5.92. The van der Waals surface area contributed by atoms with Crippen molar-refractivity contribution in [3.8, 4) is 0 Å². The summed E-state index contributed by atoms with van der Waals surface area (Å²) in [5, 5.41) is 6.00. The van der Waals surface area contributed by atoms with Gasteiger partial charge in [0.05, 0.1) is 6.04 Å². The van der Waals surface area contributed by atoms with Gasteiger partial charge in [0.1, 0.15) is 5.82 Å². The number of halogens is 1. The van der Waals surface area contributed by atoms with Crippen LogP contribution in [-0.4, -0.2) is 18.5 Å². The summed E-state index contributed by atoms with van der Waals surface area (Å²) in [5.74, 6) is 0.0888. The zero-order valence-corrected chi connectivity index (χ0v) is 9.87. The Morgan fingerprint density at radius 1 is 1.59 bits per heavy atom. The largest absolute Gasteiger partial charge is 0.351 e. The van der Waals surface area contributed by atoms with Gasteiger partial charge >= 0.3 is 0 Å². The van der Waals surface area contributed by atoms with Gasteiger partial charge in [-0.1, -0.05) is 19.1 Å². The highest BCUT2D eigenvalue weighted by molar-refractivity contribution is 5.82. The first-order valence-electron chi connectivity index (χ1n) is 5.92. The highest BCUT2D eigenvalue weighted by atomic mass is 19.1. The average molecular weight is 236 g/mol. The fourth-order valence-electron chi connectivity index (χ4n) is 2.13. The molecule has 17 heavy (non-hydrogen) atoms. The SMILES string of the molecule is CC1CCNC1C(=O)NCc1cccc(F)c1. The lowest BCUT2D eigenvalue weighted by atomic mass is 10.0. The molecule has 1 aliphatic heterocycles. The Bertz CT molecular complexity index is 408. The second-order valence-electron chi connectivity index (χ2n) is 4.55. The van der Waals surface area contributed by atoms with Gasteiger partial charge in [0.25, 0.3) is 0 Å². The van der Waals surface area contributed by atoms with Gasteiger partial charge in [0.15, 0.2) is 0 Å². The van der Waals surface area contributed by atoms with E-state index in [0.29, 0.717) is 12.5 Å². The van der Waals surface area contributed by atoms with E-state index >= 15 is 0 Å². The molecular weight excluding hydrogens is 219 g/mol. The Morgan fingerprint density at radius 3 is 3.06 bits per heavy atom. The van der Waals surface area contributed by atoms with E-state index < -0.39 is 0 Å². The minimum atomic E-state index is -0.274. The molecule has 0 spiro atoms. The van der Waals surface area contributed by atoms with Crippen LogP contribution in [0.5, 0.6) is 0 Å². The fraction of sp³-hybridized carbons (Fsp3) is 0.462. The molecule has 0 radical (unpaired) electrons. The van der Waals surface area contributed by atoms with Gasteiger partial charge < -0.3 is 10.6 Å². The smallest absolute Gasteiger partial charge is 0.237 e. The van der Waals surface area contributed by atoms with Crippen molar-refractivity contribution in [2.75, 3.05) is 6.54 Å². The molecule has 2 unspecified atom stereocenters. The van der Waals surface area contributed by atoms with Crippen molar-refractivity contribution in [1.29, 1.82) is 0 Å². The summed E-state index contributed by atoms with van der Waals surface area (Å²) in [6.45, 7) is 3.33. The van der Waals surface area contributed by atoms with Crippen molar-refractivity contribution in [1.82, 2.24) is 10.6 Å². The van der Waals surface area contributed by atoms with Crippen molar-refractivity contribution < 1.29 is 9.18 Å². The number of hydrogen-bond donors (Lipinski definition) is 2. The van der Waals surface area contributed by atoms with Crippen LogP contribution < -0.4 is 10.6 Å². The molecule has 1 fully saturated rings. The molecule has 1 saturated heterocycles. The Morgan fingerprint density at radius 2 is 2.41 bits per heavy atom. The summed E-state index contributed by atoms with van der Waals surface area (Å²) in [6, 6.07) is 6.17. The number of rotatable bonds is 3. The van der Waals surface area contributed by atoms with Gasteiger partial charge in [-0.2, -0.15) is 0 Å². The van der Waals surface area contributed by atoms with E-state index in [-0.39, 0.29) is 17.8 Å². The molecule has 1 heterocycles. The molecule has 0 aromatic heterocycles. The average Bonchev–Trinajstić information content (AvgIpc) is 2.72. The molecule has 92 valence electrons. The van der Waals surface area contributed by atoms with Gasteiger partial charge in [0, 0.05) is 6.54 Å². The van der Waals surface area contributed by atoms with Crippen LogP contribution in [0.15, 0.2) is 24.3 Å². The van der Waals surface area contributed by atoms with Crippen LogP contribution in [0.1, 0.15) is 18.9 Å². The standard InChI is InChI=1S/C13H17FN2O/c1-9-5-6-15-12(9)13(17)16-8-10-3-2-4-11(14)7-10/h2-4,7,9,12,15H,5-6,8H2,1H3,(H,16,17). The van der Waals surface area contributed by atoms with Crippen LogP contribution in [0, 0.1) is 11.7 Å². The highest BCUT2D eigenvalue weighted by Gasteiger charge is 2.28. The summed E-state index contributed by atoms with van der Waals surface area (Å²) in [6.07, 6.45) is 1.03. The molecule has 1 aliphatic rings. The van der Waals surface area contributed by atoms with E-state index in [2.05, 4.69) is 17.6 Å². The van der Waals surface area contributed by atoms with E-state index in [1.165, 1.54) is 12.1 Å². The molecule has 0 saturated carbocycles. The lowest BCUT2D eigenvalue weighted by molar-refractivity contribution is -0.123. The Hall–Kier alpha value is -1.42. The number of amides is 1. The maximum Gasteiger partial charge on any atom is 0.237 e. The van der Waals surface area contributed by atoms with Gasteiger partial charge in [-0.05, 0) is 36.6 Å². The third kappa shape index (κ3) is 3.03. The summed E-state index contributed by atoms with van der Waals surface area (Å²) in [7, 11) is 0. The van der Waals surface area contributed by atoms with Crippen molar-refractivity contribution in [2.45, 2.75) is 25.9 Å². The number of nitrogens with one attached hydrogen (secondary N) is 2. The third-order valence-electron chi connectivity index (χ3n) is 3.17. The second kappa shape index (κ2) is 5.27. The summed E-state index contributed by atoms with van der Waals surface area (Å²) in [5.41, 5.74) is 0.781. The van der Waals surface area contributed by atoms with E-state index in [1.54, 1.807) is 12.1 Å². The zero-order valence-electron chi connectivity index (χ0n) is 9.87. The van der Waals surface area contributed by atoms with E-state index in [1.807, 2.05) is 0 Å².